The minimum absolute atomic E-state index is 0.157. The van der Waals surface area contributed by atoms with E-state index in [1.165, 1.54) is 0 Å². The van der Waals surface area contributed by atoms with Gasteiger partial charge in [-0.3, -0.25) is 4.79 Å². The van der Waals surface area contributed by atoms with Gasteiger partial charge in [-0.15, -0.1) is 0 Å². The van der Waals surface area contributed by atoms with Gasteiger partial charge in [0, 0.05) is 29.2 Å². The van der Waals surface area contributed by atoms with Crippen LogP contribution in [0.5, 0.6) is 0 Å². The molecule has 7 nitrogen and oxygen atoms in total. The van der Waals surface area contributed by atoms with E-state index in [0.717, 1.165) is 24.4 Å². The fourth-order valence-corrected chi connectivity index (χ4v) is 3.40. The highest BCUT2D eigenvalue weighted by atomic mass is 16.5. The Balaban J connectivity index is 2.13. The molecule has 7 heteroatoms. The van der Waals surface area contributed by atoms with Gasteiger partial charge in [0.25, 0.3) is 0 Å². The summed E-state index contributed by atoms with van der Waals surface area (Å²) in [5.74, 6) is -1.42. The fraction of sp³-hybridized carbons (Fsp3) is 0.476. The van der Waals surface area contributed by atoms with Crippen LogP contribution in [0.25, 0.3) is 0 Å². The first-order valence-electron chi connectivity index (χ1n) is 9.46. The summed E-state index contributed by atoms with van der Waals surface area (Å²) in [5, 5.41) is 0. The summed E-state index contributed by atoms with van der Waals surface area (Å²) in [7, 11) is 0. The normalized spacial score (nSPS) is 10.8. The summed E-state index contributed by atoms with van der Waals surface area (Å²) in [6, 6.07) is 1.82. The molecule has 2 aromatic heterocycles. The average Bonchev–Trinajstić information content (AvgIpc) is 3.10. The number of aromatic nitrogens is 2. The van der Waals surface area contributed by atoms with Crippen LogP contribution in [0.3, 0.4) is 0 Å². The number of esters is 2. The molecule has 0 aliphatic rings. The van der Waals surface area contributed by atoms with Crippen LogP contribution in [0, 0.1) is 27.7 Å². The van der Waals surface area contributed by atoms with Gasteiger partial charge >= 0.3 is 11.9 Å². The first-order valence-corrected chi connectivity index (χ1v) is 9.46. The van der Waals surface area contributed by atoms with Gasteiger partial charge in [-0.1, -0.05) is 6.92 Å². The Morgan fingerprint density at radius 2 is 1.71 bits per heavy atom. The van der Waals surface area contributed by atoms with Crippen LogP contribution >= 0.6 is 0 Å². The second kappa shape index (κ2) is 8.91. The third-order valence-corrected chi connectivity index (χ3v) is 4.78. The lowest BCUT2D eigenvalue weighted by molar-refractivity contribution is 0.0468. The lowest BCUT2D eigenvalue weighted by atomic mass is 10.1. The number of rotatable bonds is 8. The molecule has 0 spiro atoms. The minimum atomic E-state index is -0.674. The predicted octanol–water partition coefficient (Wildman–Crippen LogP) is 3.68. The van der Waals surface area contributed by atoms with Crippen LogP contribution in [0.2, 0.25) is 0 Å². The molecule has 152 valence electrons. The van der Waals surface area contributed by atoms with Gasteiger partial charge in [0.05, 0.1) is 12.2 Å². The second-order valence-electron chi connectivity index (χ2n) is 6.78. The lowest BCUT2D eigenvalue weighted by Gasteiger charge is -2.08. The number of nitrogens with one attached hydrogen (secondary N) is 1. The summed E-state index contributed by atoms with van der Waals surface area (Å²) in [4.78, 5) is 39.9. The molecule has 0 atom stereocenters. The Labute approximate surface area is 165 Å². The SMILES string of the molecule is CCCn1c(C)cc(C(=O)COC(=O)c2[nH]c(C)c(C(=O)OCC)c2C)c1C. The number of carbonyl (C=O) groups is 3. The van der Waals surface area contributed by atoms with Gasteiger partial charge < -0.3 is 19.0 Å². The van der Waals surface area contributed by atoms with Gasteiger partial charge in [-0.25, -0.2) is 9.59 Å². The summed E-state index contributed by atoms with van der Waals surface area (Å²) < 4.78 is 12.3. The Bertz CT molecular complexity index is 905. The van der Waals surface area contributed by atoms with Crippen molar-refractivity contribution in [3.63, 3.8) is 0 Å². The zero-order chi connectivity index (χ0) is 21.0. The summed E-state index contributed by atoms with van der Waals surface area (Å²) >= 11 is 0. The van der Waals surface area contributed by atoms with E-state index in [1.807, 2.05) is 19.9 Å². The largest absolute Gasteiger partial charge is 0.462 e. The van der Waals surface area contributed by atoms with Gasteiger partial charge in [-0.2, -0.15) is 0 Å². The van der Waals surface area contributed by atoms with Gasteiger partial charge in [0.1, 0.15) is 5.69 Å². The third-order valence-electron chi connectivity index (χ3n) is 4.78. The molecular weight excluding hydrogens is 360 g/mol. The van der Waals surface area contributed by atoms with E-state index >= 15 is 0 Å². The van der Waals surface area contributed by atoms with Gasteiger partial charge in [-0.05, 0) is 52.7 Å². The molecule has 0 aliphatic heterocycles. The van der Waals surface area contributed by atoms with Crippen LogP contribution in [0.4, 0.5) is 0 Å². The maximum Gasteiger partial charge on any atom is 0.355 e. The van der Waals surface area contributed by atoms with Gasteiger partial charge in [0.2, 0.25) is 5.78 Å². The van der Waals surface area contributed by atoms with Crippen molar-refractivity contribution in [3.05, 3.63) is 45.5 Å². The summed E-state index contributed by atoms with van der Waals surface area (Å²) in [6.45, 7) is 11.7. The topological polar surface area (TPSA) is 90.4 Å². The van der Waals surface area contributed by atoms with E-state index in [-0.39, 0.29) is 24.7 Å². The highest BCUT2D eigenvalue weighted by Gasteiger charge is 2.25. The Kier molecular flexibility index (Phi) is 6.83. The first-order chi connectivity index (χ1) is 13.2. The molecule has 2 rings (SSSR count). The molecule has 1 N–H and O–H groups in total. The zero-order valence-electron chi connectivity index (χ0n) is 17.4. The van der Waals surface area contributed by atoms with E-state index in [1.54, 1.807) is 20.8 Å². The fourth-order valence-electron chi connectivity index (χ4n) is 3.40. The Hall–Kier alpha value is -2.83. The molecule has 0 bridgehead atoms. The van der Waals surface area contributed by atoms with Crippen molar-refractivity contribution in [1.29, 1.82) is 0 Å². The molecule has 0 radical (unpaired) electrons. The van der Waals surface area contributed by atoms with E-state index in [9.17, 15) is 14.4 Å². The lowest BCUT2D eigenvalue weighted by Crippen LogP contribution is -2.16. The third kappa shape index (κ3) is 4.18. The zero-order valence-corrected chi connectivity index (χ0v) is 17.4. The smallest absolute Gasteiger partial charge is 0.355 e. The number of H-pyrrole nitrogens is 1. The number of carbonyl (C=O) groups excluding carboxylic acids is 3. The van der Waals surface area contributed by atoms with Crippen LogP contribution in [0.15, 0.2) is 6.07 Å². The van der Waals surface area contributed by atoms with Crippen molar-refractivity contribution in [2.24, 2.45) is 0 Å². The monoisotopic (exact) mass is 388 g/mol. The van der Waals surface area contributed by atoms with E-state index in [0.29, 0.717) is 22.4 Å². The van der Waals surface area contributed by atoms with Crippen molar-refractivity contribution in [2.75, 3.05) is 13.2 Å². The summed E-state index contributed by atoms with van der Waals surface area (Å²) in [6.07, 6.45) is 0.966. The molecule has 0 fully saturated rings. The Morgan fingerprint density at radius 3 is 2.32 bits per heavy atom. The van der Waals surface area contributed by atoms with Gasteiger partial charge in [0.15, 0.2) is 6.61 Å². The molecule has 2 heterocycles. The van der Waals surface area contributed by atoms with Crippen molar-refractivity contribution in [1.82, 2.24) is 9.55 Å². The standard InChI is InChI=1S/C21H28N2O5/c1-7-9-23-12(3)10-16(15(23)6)17(24)11-28-21(26)19-13(4)18(14(5)22-19)20(25)27-8-2/h10,22H,7-9,11H2,1-6H3. The van der Waals surface area contributed by atoms with E-state index in [4.69, 9.17) is 9.47 Å². The Morgan fingerprint density at radius 1 is 1.04 bits per heavy atom. The van der Waals surface area contributed by atoms with Crippen LogP contribution in [-0.4, -0.2) is 40.5 Å². The first kappa shape index (κ1) is 21.5. The van der Waals surface area contributed by atoms with Crippen molar-refractivity contribution in [3.8, 4) is 0 Å². The van der Waals surface area contributed by atoms with Crippen LogP contribution in [0.1, 0.15) is 74.1 Å². The van der Waals surface area contributed by atoms with E-state index < -0.39 is 11.9 Å². The molecule has 0 saturated heterocycles. The number of nitrogens with zero attached hydrogens (tertiary/aromatic N) is 1. The maximum atomic E-state index is 12.5. The van der Waals surface area contributed by atoms with Crippen molar-refractivity contribution in [2.45, 2.75) is 54.5 Å². The molecule has 0 saturated carbocycles. The number of Topliss-reactive ketones (excluding diaryl/α,β-unsaturated/α-hetero) is 1. The van der Waals surface area contributed by atoms with Crippen LogP contribution in [-0.2, 0) is 16.0 Å². The maximum absolute atomic E-state index is 12.5. The van der Waals surface area contributed by atoms with Crippen molar-refractivity contribution >= 4 is 17.7 Å². The summed E-state index contributed by atoms with van der Waals surface area (Å²) in [5.41, 5.74) is 3.89. The molecule has 0 aromatic carbocycles. The highest BCUT2D eigenvalue weighted by molar-refractivity contribution is 6.02. The highest BCUT2D eigenvalue weighted by Crippen LogP contribution is 2.21. The number of ketones is 1. The molecule has 28 heavy (non-hydrogen) atoms. The predicted molar refractivity (Wildman–Crippen MR) is 105 cm³/mol. The molecule has 0 unspecified atom stereocenters. The molecule has 0 amide bonds. The molecule has 0 aliphatic carbocycles. The second-order valence-corrected chi connectivity index (χ2v) is 6.78. The molecular formula is C21H28N2O5. The van der Waals surface area contributed by atoms with Crippen LogP contribution < -0.4 is 0 Å². The minimum Gasteiger partial charge on any atom is -0.462 e. The quantitative estimate of drug-likeness (QED) is 0.550. The number of hydrogen-bond donors (Lipinski definition) is 1. The molecule has 2 aromatic rings. The number of aryl methyl sites for hydroxylation is 2. The average molecular weight is 388 g/mol. The number of ether oxygens (including phenoxy) is 2. The van der Waals surface area contributed by atoms with E-state index in [2.05, 4.69) is 16.5 Å². The number of hydrogen-bond acceptors (Lipinski definition) is 5. The van der Waals surface area contributed by atoms with Crippen molar-refractivity contribution < 1.29 is 23.9 Å². The number of aromatic amines is 1.